The zero-order valence-electron chi connectivity index (χ0n) is 16.2. The monoisotopic (exact) mass is 398 g/mol. The summed E-state index contributed by atoms with van der Waals surface area (Å²) >= 11 is 6.48. The number of aryl methyl sites for hydroxylation is 1. The zero-order chi connectivity index (χ0) is 20.1. The van der Waals surface area contributed by atoms with Gasteiger partial charge in [-0.3, -0.25) is 9.20 Å². The molecular weight excluding hydrogens is 376 g/mol. The molecule has 0 spiro atoms. The maximum absolute atomic E-state index is 12.4. The van der Waals surface area contributed by atoms with E-state index < -0.39 is 0 Å². The van der Waals surface area contributed by atoms with Crippen LogP contribution in [0.1, 0.15) is 36.6 Å². The molecule has 28 heavy (non-hydrogen) atoms. The van der Waals surface area contributed by atoms with E-state index in [1.807, 2.05) is 37.3 Å². The molecule has 0 aliphatic carbocycles. The Morgan fingerprint density at radius 3 is 2.82 bits per heavy atom. The van der Waals surface area contributed by atoms with Crippen LogP contribution in [0.25, 0.3) is 16.8 Å². The van der Waals surface area contributed by atoms with Gasteiger partial charge in [-0.25, -0.2) is 4.98 Å². The summed E-state index contributed by atoms with van der Waals surface area (Å²) in [5, 5.41) is 0.379. The molecule has 0 radical (unpaired) electrons. The molecule has 6 heteroatoms. The number of ether oxygens (including phenoxy) is 2. The molecule has 0 unspecified atom stereocenters. The summed E-state index contributed by atoms with van der Waals surface area (Å²) < 4.78 is 12.7. The van der Waals surface area contributed by atoms with Gasteiger partial charge in [0.15, 0.2) is 11.5 Å². The quantitative estimate of drug-likeness (QED) is 0.529. The lowest BCUT2D eigenvalue weighted by atomic mass is 10.1. The third kappa shape index (κ3) is 4.37. The second-order valence-electron chi connectivity index (χ2n) is 6.47. The first-order chi connectivity index (χ1) is 13.5. The minimum Gasteiger partial charge on any atom is -0.493 e. The molecule has 0 aliphatic rings. The molecule has 1 aromatic carbocycles. The van der Waals surface area contributed by atoms with Gasteiger partial charge in [0.1, 0.15) is 5.65 Å². The third-order valence-electron chi connectivity index (χ3n) is 4.37. The van der Waals surface area contributed by atoms with Gasteiger partial charge in [-0.2, -0.15) is 0 Å². The van der Waals surface area contributed by atoms with Gasteiger partial charge in [-0.15, -0.1) is 0 Å². The number of pyridine rings is 1. The van der Waals surface area contributed by atoms with Crippen molar-refractivity contribution < 1.29 is 9.47 Å². The Balaban J connectivity index is 1.94. The lowest BCUT2D eigenvalue weighted by molar-refractivity contribution is 0.288. The minimum absolute atomic E-state index is 0.174. The lowest BCUT2D eigenvalue weighted by Crippen LogP contribution is -2.15. The number of nitrogens with zero attached hydrogens (tertiary/aromatic N) is 2. The van der Waals surface area contributed by atoms with E-state index in [2.05, 4.69) is 11.9 Å². The molecule has 0 saturated heterocycles. The number of halogens is 1. The maximum Gasteiger partial charge on any atom is 0.258 e. The normalized spacial score (nSPS) is 11.6. The predicted molar refractivity (Wildman–Crippen MR) is 113 cm³/mol. The van der Waals surface area contributed by atoms with Gasteiger partial charge in [-0.1, -0.05) is 37.1 Å². The average molecular weight is 399 g/mol. The standard InChI is InChI=1S/C22H23ClN2O3/c1-4-5-11-28-19-9-8-16(13-20(19)27-3)12-17(23)18-14-21(26)25-10-6-7-15(2)22(25)24-18/h6-10,12-14H,4-5,11H2,1-3H3/b17-12-. The van der Waals surface area contributed by atoms with Crippen molar-refractivity contribution >= 4 is 28.4 Å². The van der Waals surface area contributed by atoms with Crippen LogP contribution in [0.5, 0.6) is 11.5 Å². The number of hydrogen-bond acceptors (Lipinski definition) is 4. The van der Waals surface area contributed by atoms with Crippen molar-refractivity contribution in [1.29, 1.82) is 0 Å². The second kappa shape index (κ2) is 8.93. The van der Waals surface area contributed by atoms with Gasteiger partial charge >= 0.3 is 0 Å². The van der Waals surface area contributed by atoms with E-state index in [1.165, 1.54) is 10.5 Å². The number of fused-ring (bicyclic) bond motifs is 1. The molecule has 0 bridgehead atoms. The Morgan fingerprint density at radius 1 is 1.25 bits per heavy atom. The van der Waals surface area contributed by atoms with Crippen molar-refractivity contribution in [2.45, 2.75) is 26.7 Å². The molecule has 0 amide bonds. The lowest BCUT2D eigenvalue weighted by Gasteiger charge is -2.11. The van der Waals surface area contributed by atoms with Crippen LogP contribution in [0.3, 0.4) is 0 Å². The Hall–Kier alpha value is -2.79. The molecule has 2 aromatic heterocycles. The van der Waals surface area contributed by atoms with Gasteiger partial charge in [0, 0.05) is 12.3 Å². The molecular formula is C22H23ClN2O3. The highest BCUT2D eigenvalue weighted by molar-refractivity contribution is 6.51. The van der Waals surface area contributed by atoms with E-state index in [4.69, 9.17) is 21.1 Å². The van der Waals surface area contributed by atoms with Crippen LogP contribution >= 0.6 is 11.6 Å². The van der Waals surface area contributed by atoms with Crippen LogP contribution in [0.15, 0.2) is 47.4 Å². The highest BCUT2D eigenvalue weighted by atomic mass is 35.5. The summed E-state index contributed by atoms with van der Waals surface area (Å²) in [4.78, 5) is 16.9. The number of hydrogen-bond donors (Lipinski definition) is 0. The molecule has 2 heterocycles. The van der Waals surface area contributed by atoms with Gasteiger partial charge < -0.3 is 9.47 Å². The van der Waals surface area contributed by atoms with Gasteiger partial charge in [0.2, 0.25) is 0 Å². The molecule has 0 atom stereocenters. The zero-order valence-corrected chi connectivity index (χ0v) is 17.0. The van der Waals surface area contributed by atoms with E-state index in [1.54, 1.807) is 19.4 Å². The van der Waals surface area contributed by atoms with E-state index in [0.717, 1.165) is 24.0 Å². The average Bonchev–Trinajstić information content (AvgIpc) is 2.69. The van der Waals surface area contributed by atoms with Crippen LogP contribution in [0.4, 0.5) is 0 Å². The summed E-state index contributed by atoms with van der Waals surface area (Å²) in [5.41, 5.74) is 2.59. The largest absolute Gasteiger partial charge is 0.493 e. The first kappa shape index (κ1) is 20.0. The highest BCUT2D eigenvalue weighted by Gasteiger charge is 2.09. The molecule has 0 N–H and O–H groups in total. The maximum atomic E-state index is 12.4. The van der Waals surface area contributed by atoms with Crippen LogP contribution in [0.2, 0.25) is 0 Å². The van der Waals surface area contributed by atoms with E-state index in [-0.39, 0.29) is 5.56 Å². The molecule has 0 saturated carbocycles. The number of rotatable bonds is 7. The van der Waals surface area contributed by atoms with Gasteiger partial charge in [0.05, 0.1) is 24.4 Å². The van der Waals surface area contributed by atoms with E-state index >= 15 is 0 Å². The fraction of sp³-hybridized carbons (Fsp3) is 0.273. The van der Waals surface area contributed by atoms with Crippen LogP contribution in [0, 0.1) is 6.92 Å². The molecule has 5 nitrogen and oxygen atoms in total. The summed E-state index contributed by atoms with van der Waals surface area (Å²) in [6.45, 7) is 4.67. The molecule has 3 aromatic rings. The fourth-order valence-electron chi connectivity index (χ4n) is 2.82. The van der Waals surface area contributed by atoms with E-state index in [9.17, 15) is 4.79 Å². The SMILES string of the molecule is CCCCOc1ccc(/C=C(\Cl)c2cc(=O)n3cccc(C)c3n2)cc1OC. The number of unbranched alkanes of at least 4 members (excludes halogenated alkanes) is 1. The van der Waals surface area contributed by atoms with Crippen molar-refractivity contribution in [3.05, 3.63) is 69.8 Å². The highest BCUT2D eigenvalue weighted by Crippen LogP contribution is 2.30. The number of benzene rings is 1. The van der Waals surface area contributed by atoms with Crippen LogP contribution in [-0.4, -0.2) is 23.1 Å². The molecule has 3 rings (SSSR count). The predicted octanol–water partition coefficient (Wildman–Crippen LogP) is 4.93. The smallest absolute Gasteiger partial charge is 0.258 e. The summed E-state index contributed by atoms with van der Waals surface area (Å²) in [6, 6.07) is 10.8. The third-order valence-corrected chi connectivity index (χ3v) is 4.67. The van der Waals surface area contributed by atoms with Crippen LogP contribution < -0.4 is 15.0 Å². The summed E-state index contributed by atoms with van der Waals surface area (Å²) in [7, 11) is 1.60. The second-order valence-corrected chi connectivity index (χ2v) is 6.88. The Morgan fingerprint density at radius 2 is 2.07 bits per heavy atom. The Bertz CT molecular complexity index is 1070. The number of aromatic nitrogens is 2. The fourth-order valence-corrected chi connectivity index (χ4v) is 3.05. The minimum atomic E-state index is -0.174. The van der Waals surface area contributed by atoms with Crippen molar-refractivity contribution in [1.82, 2.24) is 9.38 Å². The topological polar surface area (TPSA) is 52.8 Å². The van der Waals surface area contributed by atoms with Crippen molar-refractivity contribution in [3.63, 3.8) is 0 Å². The first-order valence-electron chi connectivity index (χ1n) is 9.21. The van der Waals surface area contributed by atoms with Crippen LogP contribution in [-0.2, 0) is 0 Å². The number of methoxy groups -OCH3 is 1. The molecule has 0 fully saturated rings. The summed E-state index contributed by atoms with van der Waals surface area (Å²) in [5.74, 6) is 1.33. The molecule has 146 valence electrons. The molecule has 0 aliphatic heterocycles. The van der Waals surface area contributed by atoms with Crippen molar-refractivity contribution in [2.75, 3.05) is 13.7 Å². The van der Waals surface area contributed by atoms with Gasteiger partial charge in [0.25, 0.3) is 5.56 Å². The van der Waals surface area contributed by atoms with Crippen molar-refractivity contribution in [3.8, 4) is 11.5 Å². The first-order valence-corrected chi connectivity index (χ1v) is 9.58. The summed E-state index contributed by atoms with van der Waals surface area (Å²) in [6.07, 6.45) is 5.51. The van der Waals surface area contributed by atoms with E-state index in [0.29, 0.717) is 34.5 Å². The van der Waals surface area contributed by atoms with Crippen molar-refractivity contribution in [2.24, 2.45) is 0 Å². The Kier molecular flexibility index (Phi) is 6.37. The Labute approximate surface area is 169 Å². The van der Waals surface area contributed by atoms with Gasteiger partial charge in [-0.05, 0) is 48.7 Å².